The van der Waals surface area contributed by atoms with Crippen LogP contribution in [0.15, 0.2) is 58.4 Å². The zero-order valence-electron chi connectivity index (χ0n) is 16.9. The maximum absolute atomic E-state index is 14.3. The molecule has 9 heteroatoms. The van der Waals surface area contributed by atoms with Gasteiger partial charge in [0.2, 0.25) is 6.29 Å². The van der Waals surface area contributed by atoms with Crippen molar-refractivity contribution in [1.82, 2.24) is 18.7 Å². The Morgan fingerprint density at radius 3 is 2.68 bits per heavy atom. The molecular weight excluding hydrogens is 403 g/mol. The fourth-order valence-electron chi connectivity index (χ4n) is 3.87. The van der Waals surface area contributed by atoms with Gasteiger partial charge in [0.1, 0.15) is 11.6 Å². The molecule has 8 nitrogen and oxygen atoms in total. The summed E-state index contributed by atoms with van der Waals surface area (Å²) >= 11 is 0. The van der Waals surface area contributed by atoms with E-state index in [0.29, 0.717) is 16.9 Å². The van der Waals surface area contributed by atoms with Crippen LogP contribution in [0.1, 0.15) is 23.0 Å². The molecule has 4 aromatic rings. The lowest BCUT2D eigenvalue weighted by Gasteiger charge is -2.28. The van der Waals surface area contributed by atoms with Crippen LogP contribution in [0.25, 0.3) is 11.2 Å². The fourth-order valence-corrected chi connectivity index (χ4v) is 3.87. The molecule has 158 valence electrons. The largest absolute Gasteiger partial charge is 0.460 e. The first-order valence-electron chi connectivity index (χ1n) is 9.69. The lowest BCUT2D eigenvalue weighted by molar-refractivity contribution is -0.112. The van der Waals surface area contributed by atoms with E-state index < -0.39 is 23.4 Å². The van der Waals surface area contributed by atoms with Gasteiger partial charge in [0.05, 0.1) is 19.5 Å². The van der Waals surface area contributed by atoms with Gasteiger partial charge in [0, 0.05) is 30.8 Å². The highest BCUT2D eigenvalue weighted by Crippen LogP contribution is 2.37. The number of halogens is 1. The molecule has 2 aromatic heterocycles. The van der Waals surface area contributed by atoms with Crippen LogP contribution in [0.2, 0.25) is 0 Å². The Hall–Kier alpha value is -3.72. The maximum Gasteiger partial charge on any atom is 0.332 e. The molecule has 2 aromatic carbocycles. The first-order chi connectivity index (χ1) is 14.9. The second kappa shape index (κ2) is 7.21. The second-order valence-electron chi connectivity index (χ2n) is 7.48. The zero-order chi connectivity index (χ0) is 21.7. The van der Waals surface area contributed by atoms with Gasteiger partial charge in [0.15, 0.2) is 11.2 Å². The third-order valence-electron chi connectivity index (χ3n) is 5.45. The first kappa shape index (κ1) is 19.3. The summed E-state index contributed by atoms with van der Waals surface area (Å²) < 4.78 is 30.1. The highest BCUT2D eigenvalue weighted by atomic mass is 19.1. The minimum absolute atomic E-state index is 0.144. The first-order valence-corrected chi connectivity index (χ1v) is 9.69. The molecular formula is C22H19FN4O4. The number of rotatable bonds is 3. The lowest BCUT2D eigenvalue weighted by Crippen LogP contribution is -2.37. The number of ether oxygens (including phenoxy) is 2. The zero-order valence-corrected chi connectivity index (χ0v) is 16.9. The molecule has 0 bridgehead atoms. The molecule has 3 heterocycles. The predicted molar refractivity (Wildman–Crippen MR) is 110 cm³/mol. The summed E-state index contributed by atoms with van der Waals surface area (Å²) in [5, 5.41) is 0. The highest BCUT2D eigenvalue weighted by molar-refractivity contribution is 5.70. The molecule has 1 aliphatic heterocycles. The van der Waals surface area contributed by atoms with E-state index >= 15 is 0 Å². The van der Waals surface area contributed by atoms with E-state index in [1.807, 2.05) is 30.3 Å². The topological polar surface area (TPSA) is 80.3 Å². The summed E-state index contributed by atoms with van der Waals surface area (Å²) in [4.78, 5) is 29.1. The Balaban J connectivity index is 1.60. The van der Waals surface area contributed by atoms with Crippen molar-refractivity contribution in [2.45, 2.75) is 19.4 Å². The Bertz CT molecular complexity index is 1420. The van der Waals surface area contributed by atoms with Gasteiger partial charge >= 0.3 is 5.69 Å². The number of imidazole rings is 1. The van der Waals surface area contributed by atoms with Crippen molar-refractivity contribution in [1.29, 1.82) is 0 Å². The van der Waals surface area contributed by atoms with Crippen LogP contribution in [0.5, 0.6) is 5.75 Å². The summed E-state index contributed by atoms with van der Waals surface area (Å²) in [6.07, 6.45) is 0.850. The molecule has 1 unspecified atom stereocenters. The molecule has 0 amide bonds. The number of aromatic nitrogens is 4. The summed E-state index contributed by atoms with van der Waals surface area (Å²) in [5.74, 6) is 0.0915. The molecule has 5 rings (SSSR count). The van der Waals surface area contributed by atoms with Gasteiger partial charge in [-0.2, -0.15) is 0 Å². The SMILES string of the molecule is Cn1c(=O)c2c(ncn2Cc2cc(F)cc3c2OC(c2ccccc2)OC3)n(C)c1=O. The van der Waals surface area contributed by atoms with E-state index in [9.17, 15) is 14.0 Å². The third kappa shape index (κ3) is 3.14. The van der Waals surface area contributed by atoms with E-state index in [4.69, 9.17) is 9.47 Å². The van der Waals surface area contributed by atoms with E-state index in [-0.39, 0.29) is 24.3 Å². The molecule has 31 heavy (non-hydrogen) atoms. The quantitative estimate of drug-likeness (QED) is 0.506. The molecule has 0 fully saturated rings. The number of hydrogen-bond donors (Lipinski definition) is 0. The van der Waals surface area contributed by atoms with Crippen molar-refractivity contribution in [3.63, 3.8) is 0 Å². The Morgan fingerprint density at radius 2 is 1.90 bits per heavy atom. The summed E-state index contributed by atoms with van der Waals surface area (Å²) in [7, 11) is 2.97. The summed E-state index contributed by atoms with van der Waals surface area (Å²) in [6.45, 7) is 0.339. The molecule has 0 aliphatic carbocycles. The van der Waals surface area contributed by atoms with Gasteiger partial charge in [-0.1, -0.05) is 30.3 Å². The van der Waals surface area contributed by atoms with E-state index in [0.717, 1.165) is 10.1 Å². The summed E-state index contributed by atoms with van der Waals surface area (Å²) in [5.41, 5.74) is 1.59. The van der Waals surface area contributed by atoms with Gasteiger partial charge < -0.3 is 14.0 Å². The number of aryl methyl sites for hydroxylation is 1. The Kier molecular flexibility index (Phi) is 4.48. The molecule has 0 spiro atoms. The fraction of sp³-hybridized carbons (Fsp3) is 0.227. The van der Waals surface area contributed by atoms with Crippen molar-refractivity contribution in [2.24, 2.45) is 14.1 Å². The monoisotopic (exact) mass is 422 g/mol. The van der Waals surface area contributed by atoms with Crippen LogP contribution in [0, 0.1) is 5.82 Å². The van der Waals surface area contributed by atoms with E-state index in [2.05, 4.69) is 4.98 Å². The van der Waals surface area contributed by atoms with Crippen molar-refractivity contribution >= 4 is 11.2 Å². The van der Waals surface area contributed by atoms with Gasteiger partial charge in [-0.3, -0.25) is 13.9 Å². The minimum atomic E-state index is -0.619. The van der Waals surface area contributed by atoms with Crippen molar-refractivity contribution < 1.29 is 13.9 Å². The smallest absolute Gasteiger partial charge is 0.332 e. The van der Waals surface area contributed by atoms with Crippen molar-refractivity contribution in [3.8, 4) is 5.75 Å². The van der Waals surface area contributed by atoms with E-state index in [1.54, 1.807) is 11.6 Å². The van der Waals surface area contributed by atoms with Crippen LogP contribution < -0.4 is 16.0 Å². The van der Waals surface area contributed by atoms with Crippen molar-refractivity contribution in [2.75, 3.05) is 0 Å². The highest BCUT2D eigenvalue weighted by Gasteiger charge is 2.26. The van der Waals surface area contributed by atoms with Gasteiger partial charge in [-0.05, 0) is 12.1 Å². The van der Waals surface area contributed by atoms with Crippen molar-refractivity contribution in [3.05, 3.63) is 92.1 Å². The molecule has 0 saturated heterocycles. The average Bonchev–Trinajstić information content (AvgIpc) is 3.20. The molecule has 1 aliphatic rings. The number of nitrogens with zero attached hydrogens (tertiary/aromatic N) is 4. The molecule has 0 saturated carbocycles. The van der Waals surface area contributed by atoms with Crippen LogP contribution in [-0.2, 0) is 32.0 Å². The molecule has 1 atom stereocenters. The van der Waals surface area contributed by atoms with E-state index in [1.165, 1.54) is 30.1 Å². The van der Waals surface area contributed by atoms with Crippen LogP contribution in [-0.4, -0.2) is 18.7 Å². The van der Waals surface area contributed by atoms with Crippen LogP contribution in [0.3, 0.4) is 0 Å². The summed E-state index contributed by atoms with van der Waals surface area (Å²) in [6, 6.07) is 12.2. The standard InChI is InChI=1S/C22H19FN4O4/c1-25-19-17(20(28)26(2)22(25)29)27(12-24-19)10-14-8-16(23)9-15-11-30-21(31-18(14)15)13-6-4-3-5-7-13/h3-9,12,21H,10-11H2,1-2H3. The Morgan fingerprint density at radius 1 is 1.13 bits per heavy atom. The average molecular weight is 422 g/mol. The second-order valence-corrected chi connectivity index (χ2v) is 7.48. The lowest BCUT2D eigenvalue weighted by atomic mass is 10.1. The molecule has 0 radical (unpaired) electrons. The van der Waals surface area contributed by atoms with Gasteiger partial charge in [0.25, 0.3) is 5.56 Å². The Labute approximate surface area is 175 Å². The number of hydrogen-bond acceptors (Lipinski definition) is 5. The normalized spacial score (nSPS) is 15.6. The third-order valence-corrected chi connectivity index (χ3v) is 5.45. The van der Waals surface area contributed by atoms with Gasteiger partial charge in [-0.15, -0.1) is 0 Å². The van der Waals surface area contributed by atoms with Gasteiger partial charge in [-0.25, -0.2) is 14.2 Å². The number of fused-ring (bicyclic) bond motifs is 2. The number of benzene rings is 2. The maximum atomic E-state index is 14.3. The van der Waals surface area contributed by atoms with Crippen LogP contribution >= 0.6 is 0 Å². The molecule has 0 N–H and O–H groups in total. The van der Waals surface area contributed by atoms with Crippen LogP contribution in [0.4, 0.5) is 4.39 Å². The predicted octanol–water partition coefficient (Wildman–Crippen LogP) is 2.23. The minimum Gasteiger partial charge on any atom is -0.460 e.